The molecular formula is C13H16N4O2. The zero-order valence-electron chi connectivity index (χ0n) is 11.2. The molecule has 0 saturated carbocycles. The number of non-ortho nitro benzene ring substituents is 1. The molecule has 19 heavy (non-hydrogen) atoms. The SMILES string of the molecule is CNCc1cn(C)nc1-c1cc([N+](=O)[O-])ccc1C. The minimum Gasteiger partial charge on any atom is -0.316 e. The highest BCUT2D eigenvalue weighted by Crippen LogP contribution is 2.28. The summed E-state index contributed by atoms with van der Waals surface area (Å²) in [5, 5.41) is 18.4. The molecule has 100 valence electrons. The van der Waals surface area contributed by atoms with Crippen molar-refractivity contribution in [1.29, 1.82) is 0 Å². The largest absolute Gasteiger partial charge is 0.316 e. The van der Waals surface area contributed by atoms with Crippen molar-refractivity contribution < 1.29 is 4.92 Å². The maximum atomic E-state index is 10.9. The van der Waals surface area contributed by atoms with Gasteiger partial charge in [0.1, 0.15) is 0 Å². The summed E-state index contributed by atoms with van der Waals surface area (Å²) >= 11 is 0. The number of rotatable bonds is 4. The van der Waals surface area contributed by atoms with E-state index in [1.54, 1.807) is 16.8 Å². The van der Waals surface area contributed by atoms with Crippen LogP contribution in [0.25, 0.3) is 11.3 Å². The lowest BCUT2D eigenvalue weighted by atomic mass is 10.0. The molecule has 1 aromatic heterocycles. The molecule has 0 aliphatic carbocycles. The molecule has 6 nitrogen and oxygen atoms in total. The number of hydrogen-bond acceptors (Lipinski definition) is 4. The van der Waals surface area contributed by atoms with Crippen LogP contribution in [0.2, 0.25) is 0 Å². The Balaban J connectivity index is 2.57. The van der Waals surface area contributed by atoms with E-state index in [1.165, 1.54) is 6.07 Å². The first-order chi connectivity index (χ1) is 9.02. The van der Waals surface area contributed by atoms with E-state index in [2.05, 4.69) is 10.4 Å². The van der Waals surface area contributed by atoms with Crippen molar-refractivity contribution in [2.24, 2.45) is 7.05 Å². The fourth-order valence-electron chi connectivity index (χ4n) is 2.06. The zero-order valence-corrected chi connectivity index (χ0v) is 11.2. The summed E-state index contributed by atoms with van der Waals surface area (Å²) in [4.78, 5) is 10.5. The van der Waals surface area contributed by atoms with Crippen molar-refractivity contribution in [3.63, 3.8) is 0 Å². The minimum absolute atomic E-state index is 0.0849. The van der Waals surface area contributed by atoms with E-state index >= 15 is 0 Å². The second-order valence-corrected chi connectivity index (χ2v) is 4.46. The molecule has 0 aliphatic rings. The number of hydrogen-bond donors (Lipinski definition) is 1. The van der Waals surface area contributed by atoms with Crippen LogP contribution >= 0.6 is 0 Å². The molecule has 0 atom stereocenters. The van der Waals surface area contributed by atoms with Crippen molar-refractivity contribution in [2.75, 3.05) is 7.05 Å². The van der Waals surface area contributed by atoms with Crippen molar-refractivity contribution in [1.82, 2.24) is 15.1 Å². The monoisotopic (exact) mass is 260 g/mol. The van der Waals surface area contributed by atoms with Crippen LogP contribution in [0, 0.1) is 17.0 Å². The van der Waals surface area contributed by atoms with Gasteiger partial charge in [-0.2, -0.15) is 5.10 Å². The Morgan fingerprint density at radius 3 is 2.84 bits per heavy atom. The Hall–Kier alpha value is -2.21. The average Bonchev–Trinajstić information content (AvgIpc) is 2.71. The van der Waals surface area contributed by atoms with Gasteiger partial charge in [-0.1, -0.05) is 6.07 Å². The van der Waals surface area contributed by atoms with Crippen LogP contribution in [0.3, 0.4) is 0 Å². The third-order valence-electron chi connectivity index (χ3n) is 2.96. The summed E-state index contributed by atoms with van der Waals surface area (Å²) in [6, 6.07) is 4.85. The summed E-state index contributed by atoms with van der Waals surface area (Å²) in [6.45, 7) is 2.60. The van der Waals surface area contributed by atoms with E-state index in [4.69, 9.17) is 0 Å². The average molecular weight is 260 g/mol. The van der Waals surface area contributed by atoms with Gasteiger partial charge in [-0.25, -0.2) is 0 Å². The highest BCUT2D eigenvalue weighted by Gasteiger charge is 2.15. The summed E-state index contributed by atoms with van der Waals surface area (Å²) in [6.07, 6.45) is 1.92. The van der Waals surface area contributed by atoms with Gasteiger partial charge in [-0.15, -0.1) is 0 Å². The molecule has 0 amide bonds. The van der Waals surface area contributed by atoms with Crippen LogP contribution in [0.15, 0.2) is 24.4 Å². The molecule has 2 aromatic rings. The molecule has 1 N–H and O–H groups in total. The Morgan fingerprint density at radius 2 is 2.21 bits per heavy atom. The lowest BCUT2D eigenvalue weighted by Gasteiger charge is -2.05. The van der Waals surface area contributed by atoms with Gasteiger partial charge >= 0.3 is 0 Å². The van der Waals surface area contributed by atoms with E-state index in [9.17, 15) is 10.1 Å². The second kappa shape index (κ2) is 5.19. The number of nitro groups is 1. The van der Waals surface area contributed by atoms with Gasteiger partial charge in [0.15, 0.2) is 0 Å². The lowest BCUT2D eigenvalue weighted by molar-refractivity contribution is -0.384. The molecule has 1 aromatic carbocycles. The summed E-state index contributed by atoms with van der Waals surface area (Å²) in [5.41, 5.74) is 3.68. The number of aromatic nitrogens is 2. The zero-order chi connectivity index (χ0) is 14.0. The summed E-state index contributed by atoms with van der Waals surface area (Å²) in [5.74, 6) is 0. The Morgan fingerprint density at radius 1 is 1.47 bits per heavy atom. The first-order valence-electron chi connectivity index (χ1n) is 5.95. The predicted molar refractivity (Wildman–Crippen MR) is 72.8 cm³/mol. The van der Waals surface area contributed by atoms with Crippen molar-refractivity contribution >= 4 is 5.69 Å². The van der Waals surface area contributed by atoms with Gasteiger partial charge in [0.05, 0.1) is 10.6 Å². The van der Waals surface area contributed by atoms with Gasteiger partial charge in [0, 0.05) is 43.0 Å². The third kappa shape index (κ3) is 2.63. The van der Waals surface area contributed by atoms with Crippen molar-refractivity contribution in [3.8, 4) is 11.3 Å². The molecule has 0 bridgehead atoms. The van der Waals surface area contributed by atoms with Gasteiger partial charge in [0.2, 0.25) is 0 Å². The van der Waals surface area contributed by atoms with Crippen molar-refractivity contribution in [2.45, 2.75) is 13.5 Å². The summed E-state index contributed by atoms with van der Waals surface area (Å²) < 4.78 is 1.72. The number of nitrogens with one attached hydrogen (secondary N) is 1. The Kier molecular flexibility index (Phi) is 3.62. The Bertz CT molecular complexity index is 619. The van der Waals surface area contributed by atoms with E-state index in [0.717, 1.165) is 22.4 Å². The van der Waals surface area contributed by atoms with E-state index in [0.29, 0.717) is 6.54 Å². The second-order valence-electron chi connectivity index (χ2n) is 4.46. The predicted octanol–water partition coefficient (Wildman–Crippen LogP) is 2.02. The van der Waals surface area contributed by atoms with Crippen molar-refractivity contribution in [3.05, 3.63) is 45.6 Å². The maximum Gasteiger partial charge on any atom is 0.270 e. The highest BCUT2D eigenvalue weighted by molar-refractivity contribution is 5.69. The number of nitrogens with zero attached hydrogens (tertiary/aromatic N) is 3. The van der Waals surface area contributed by atoms with Gasteiger partial charge in [-0.05, 0) is 19.5 Å². The van der Waals surface area contributed by atoms with Crippen LogP contribution in [0.1, 0.15) is 11.1 Å². The first kappa shape index (κ1) is 13.2. The van der Waals surface area contributed by atoms with Gasteiger partial charge in [-0.3, -0.25) is 14.8 Å². The molecule has 6 heteroatoms. The standard InChI is InChI=1S/C13H16N4O2/c1-9-4-5-11(17(18)19)6-12(9)13-10(7-14-2)8-16(3)15-13/h4-6,8,14H,7H2,1-3H3. The molecular weight excluding hydrogens is 244 g/mol. The van der Waals surface area contributed by atoms with E-state index in [1.807, 2.05) is 27.2 Å². The van der Waals surface area contributed by atoms with Crippen LogP contribution in [-0.2, 0) is 13.6 Å². The van der Waals surface area contributed by atoms with Crippen LogP contribution < -0.4 is 5.32 Å². The van der Waals surface area contributed by atoms with Crippen LogP contribution in [0.5, 0.6) is 0 Å². The smallest absolute Gasteiger partial charge is 0.270 e. The molecule has 0 unspecified atom stereocenters. The Labute approximate surface area is 111 Å². The fourth-order valence-corrected chi connectivity index (χ4v) is 2.06. The molecule has 1 heterocycles. The quantitative estimate of drug-likeness (QED) is 0.674. The normalized spacial score (nSPS) is 10.7. The molecule has 0 aliphatic heterocycles. The number of benzene rings is 1. The topological polar surface area (TPSA) is 73.0 Å². The number of nitro benzene ring substituents is 1. The number of aryl methyl sites for hydroxylation is 2. The molecule has 0 saturated heterocycles. The fraction of sp³-hybridized carbons (Fsp3) is 0.308. The molecule has 0 fully saturated rings. The van der Waals surface area contributed by atoms with Crippen LogP contribution in [0.4, 0.5) is 5.69 Å². The molecule has 0 radical (unpaired) electrons. The summed E-state index contributed by atoms with van der Waals surface area (Å²) in [7, 11) is 3.70. The van der Waals surface area contributed by atoms with E-state index < -0.39 is 0 Å². The third-order valence-corrected chi connectivity index (χ3v) is 2.96. The minimum atomic E-state index is -0.385. The van der Waals surface area contributed by atoms with Gasteiger partial charge < -0.3 is 5.32 Å². The molecule has 0 spiro atoms. The lowest BCUT2D eigenvalue weighted by Crippen LogP contribution is -2.05. The molecule has 2 rings (SSSR count). The van der Waals surface area contributed by atoms with Gasteiger partial charge in [0.25, 0.3) is 5.69 Å². The maximum absolute atomic E-state index is 10.9. The highest BCUT2D eigenvalue weighted by atomic mass is 16.6. The van der Waals surface area contributed by atoms with Crippen LogP contribution in [-0.4, -0.2) is 21.8 Å². The van der Waals surface area contributed by atoms with E-state index in [-0.39, 0.29) is 10.6 Å². The first-order valence-corrected chi connectivity index (χ1v) is 5.95.